The van der Waals surface area contributed by atoms with E-state index in [2.05, 4.69) is 15.1 Å². The second kappa shape index (κ2) is 7.30. The van der Waals surface area contributed by atoms with Crippen LogP contribution in [0.5, 0.6) is 0 Å². The van der Waals surface area contributed by atoms with Gasteiger partial charge in [-0.2, -0.15) is 10.4 Å². The van der Waals surface area contributed by atoms with Crippen molar-refractivity contribution < 1.29 is 9.53 Å². The van der Waals surface area contributed by atoms with Crippen molar-refractivity contribution in [2.24, 2.45) is 0 Å². The van der Waals surface area contributed by atoms with Gasteiger partial charge < -0.3 is 4.74 Å². The van der Waals surface area contributed by atoms with Gasteiger partial charge >= 0.3 is 0 Å². The standard InChI is InChI=1S/C20H18ClN5O2/c1-28-12-20(3-4-20)19-14(11-24-18-9-17(21)25-26(18)19)8-16(27)7-13-2-5-23-15(6-13)10-22/h2,5-6,9,11H,3-4,7-8,12H2,1H3. The Morgan fingerprint density at radius 1 is 1.36 bits per heavy atom. The average molecular weight is 396 g/mol. The molecule has 142 valence electrons. The molecular weight excluding hydrogens is 378 g/mol. The Balaban J connectivity index is 1.66. The van der Waals surface area contributed by atoms with E-state index < -0.39 is 0 Å². The van der Waals surface area contributed by atoms with Crippen LogP contribution >= 0.6 is 11.6 Å². The summed E-state index contributed by atoms with van der Waals surface area (Å²) in [5.41, 5.74) is 3.36. The van der Waals surface area contributed by atoms with E-state index >= 15 is 0 Å². The third kappa shape index (κ3) is 3.49. The molecule has 0 aliphatic heterocycles. The summed E-state index contributed by atoms with van der Waals surface area (Å²) in [5.74, 6) is 0.0314. The van der Waals surface area contributed by atoms with Gasteiger partial charge in [-0.1, -0.05) is 11.6 Å². The molecule has 0 atom stereocenters. The summed E-state index contributed by atoms with van der Waals surface area (Å²) in [5, 5.41) is 13.7. The monoisotopic (exact) mass is 395 g/mol. The van der Waals surface area contributed by atoms with Crippen LogP contribution in [-0.2, 0) is 27.8 Å². The lowest BCUT2D eigenvalue weighted by Gasteiger charge is -2.19. The number of aromatic nitrogens is 4. The van der Waals surface area contributed by atoms with Crippen molar-refractivity contribution in [3.63, 3.8) is 0 Å². The fourth-order valence-electron chi connectivity index (χ4n) is 3.66. The van der Waals surface area contributed by atoms with E-state index in [1.807, 2.05) is 6.07 Å². The zero-order valence-corrected chi connectivity index (χ0v) is 16.1. The molecule has 3 aromatic heterocycles. The molecule has 0 radical (unpaired) electrons. The summed E-state index contributed by atoms with van der Waals surface area (Å²) >= 11 is 6.09. The fraction of sp³-hybridized carbons (Fsp3) is 0.350. The molecule has 1 saturated carbocycles. The molecule has 7 nitrogen and oxygen atoms in total. The highest BCUT2D eigenvalue weighted by molar-refractivity contribution is 6.29. The quantitative estimate of drug-likeness (QED) is 0.610. The second-order valence-electron chi connectivity index (χ2n) is 7.14. The van der Waals surface area contributed by atoms with E-state index in [4.69, 9.17) is 21.6 Å². The number of rotatable bonds is 7. The third-order valence-electron chi connectivity index (χ3n) is 5.03. The van der Waals surface area contributed by atoms with Gasteiger partial charge in [0, 0.05) is 49.4 Å². The maximum absolute atomic E-state index is 12.8. The number of nitriles is 1. The minimum Gasteiger partial charge on any atom is -0.384 e. The lowest BCUT2D eigenvalue weighted by Crippen LogP contribution is -2.23. The summed E-state index contributed by atoms with van der Waals surface area (Å²) in [6, 6.07) is 7.09. The Morgan fingerprint density at radius 2 is 2.18 bits per heavy atom. The number of halogens is 1. The minimum atomic E-state index is -0.161. The SMILES string of the molecule is COCC1(c2c(CC(=O)Cc3ccnc(C#N)c3)cnc3cc(Cl)nn23)CC1. The van der Waals surface area contributed by atoms with Crippen LogP contribution < -0.4 is 0 Å². The van der Waals surface area contributed by atoms with Crippen LogP contribution in [0.3, 0.4) is 0 Å². The van der Waals surface area contributed by atoms with E-state index in [0.717, 1.165) is 29.7 Å². The van der Waals surface area contributed by atoms with Gasteiger partial charge in [-0.15, -0.1) is 0 Å². The lowest BCUT2D eigenvalue weighted by atomic mass is 9.94. The molecule has 4 rings (SSSR count). The molecule has 1 fully saturated rings. The molecule has 3 aromatic rings. The topological polar surface area (TPSA) is 93.2 Å². The van der Waals surface area contributed by atoms with Gasteiger partial charge in [-0.25, -0.2) is 14.5 Å². The molecule has 0 unspecified atom stereocenters. The molecule has 0 spiro atoms. The number of hydrogen-bond acceptors (Lipinski definition) is 6. The number of Topliss-reactive ketones (excluding diaryl/α,β-unsaturated/α-hetero) is 1. The number of nitrogens with zero attached hydrogens (tertiary/aromatic N) is 5. The number of hydrogen-bond donors (Lipinski definition) is 0. The van der Waals surface area contributed by atoms with Crippen molar-refractivity contribution >= 4 is 23.0 Å². The fourth-order valence-corrected chi connectivity index (χ4v) is 3.83. The van der Waals surface area contributed by atoms with Gasteiger partial charge in [0.1, 0.15) is 17.5 Å². The van der Waals surface area contributed by atoms with Gasteiger partial charge in [0.05, 0.1) is 12.3 Å². The molecule has 0 amide bonds. The van der Waals surface area contributed by atoms with Crippen molar-refractivity contribution in [1.82, 2.24) is 19.6 Å². The van der Waals surface area contributed by atoms with Crippen molar-refractivity contribution in [2.75, 3.05) is 13.7 Å². The molecule has 3 heterocycles. The molecule has 8 heteroatoms. The highest BCUT2D eigenvalue weighted by Crippen LogP contribution is 2.49. The van der Waals surface area contributed by atoms with E-state index in [0.29, 0.717) is 23.1 Å². The Kier molecular flexibility index (Phi) is 4.84. The lowest BCUT2D eigenvalue weighted by molar-refractivity contribution is -0.117. The third-order valence-corrected chi connectivity index (χ3v) is 5.22. The van der Waals surface area contributed by atoms with E-state index in [1.165, 1.54) is 0 Å². The zero-order chi connectivity index (χ0) is 19.7. The van der Waals surface area contributed by atoms with Crippen LogP contribution in [0.15, 0.2) is 30.6 Å². The normalized spacial score (nSPS) is 14.8. The minimum absolute atomic E-state index is 0.0314. The van der Waals surface area contributed by atoms with Gasteiger partial charge in [-0.05, 0) is 30.5 Å². The van der Waals surface area contributed by atoms with Crippen molar-refractivity contribution in [3.8, 4) is 6.07 Å². The first kappa shape index (κ1) is 18.5. The maximum atomic E-state index is 12.8. The van der Waals surface area contributed by atoms with Crippen LogP contribution in [0, 0.1) is 11.3 Å². The predicted molar refractivity (Wildman–Crippen MR) is 102 cm³/mol. The highest BCUT2D eigenvalue weighted by Gasteiger charge is 2.48. The molecule has 0 aromatic carbocycles. The van der Waals surface area contributed by atoms with Gasteiger partial charge in [0.25, 0.3) is 0 Å². The van der Waals surface area contributed by atoms with E-state index in [-0.39, 0.29) is 24.0 Å². The first-order chi connectivity index (χ1) is 13.5. The Bertz CT molecular complexity index is 1100. The van der Waals surface area contributed by atoms with Crippen LogP contribution in [0.4, 0.5) is 0 Å². The molecule has 0 N–H and O–H groups in total. The van der Waals surface area contributed by atoms with E-state index in [9.17, 15) is 4.79 Å². The molecule has 1 aliphatic rings. The molecular formula is C20H18ClN5O2. The Morgan fingerprint density at radius 3 is 2.89 bits per heavy atom. The largest absolute Gasteiger partial charge is 0.384 e. The summed E-state index contributed by atoms with van der Waals surface area (Å²) in [4.78, 5) is 21.1. The molecule has 0 saturated heterocycles. The molecule has 1 aliphatic carbocycles. The summed E-state index contributed by atoms with van der Waals surface area (Å²) in [7, 11) is 1.68. The number of methoxy groups -OCH3 is 1. The number of carbonyl (C=O) groups is 1. The Labute approximate surface area is 166 Å². The second-order valence-corrected chi connectivity index (χ2v) is 7.52. The highest BCUT2D eigenvalue weighted by atomic mass is 35.5. The number of carbonyl (C=O) groups excluding carboxylic acids is 1. The van der Waals surface area contributed by atoms with Crippen LogP contribution in [0.25, 0.3) is 5.65 Å². The number of pyridine rings is 1. The smallest absolute Gasteiger partial charge is 0.156 e. The first-order valence-corrected chi connectivity index (χ1v) is 9.32. The molecule has 0 bridgehead atoms. The van der Waals surface area contributed by atoms with Gasteiger partial charge in [-0.3, -0.25) is 4.79 Å². The van der Waals surface area contributed by atoms with Crippen molar-refractivity contribution in [3.05, 3.63) is 58.3 Å². The Hall–Kier alpha value is -2.82. The van der Waals surface area contributed by atoms with Crippen LogP contribution in [0.1, 0.15) is 35.4 Å². The summed E-state index contributed by atoms with van der Waals surface area (Å²) < 4.78 is 7.19. The summed E-state index contributed by atoms with van der Waals surface area (Å²) in [6.45, 7) is 0.556. The van der Waals surface area contributed by atoms with Gasteiger partial charge in [0.2, 0.25) is 0 Å². The molecule has 28 heavy (non-hydrogen) atoms. The zero-order valence-electron chi connectivity index (χ0n) is 15.4. The van der Waals surface area contributed by atoms with Gasteiger partial charge in [0.15, 0.2) is 10.8 Å². The number of ether oxygens (including phenoxy) is 1. The van der Waals surface area contributed by atoms with Crippen LogP contribution in [-0.4, -0.2) is 39.1 Å². The average Bonchev–Trinajstić information content (AvgIpc) is 3.34. The van der Waals surface area contributed by atoms with Crippen molar-refractivity contribution in [1.29, 1.82) is 5.26 Å². The predicted octanol–water partition coefficient (Wildman–Crippen LogP) is 2.68. The summed E-state index contributed by atoms with van der Waals surface area (Å²) in [6.07, 6.45) is 5.67. The number of fused-ring (bicyclic) bond motifs is 1. The first-order valence-electron chi connectivity index (χ1n) is 8.94. The van der Waals surface area contributed by atoms with Crippen LogP contribution in [0.2, 0.25) is 5.15 Å². The number of ketones is 1. The maximum Gasteiger partial charge on any atom is 0.156 e. The van der Waals surface area contributed by atoms with Crippen molar-refractivity contribution in [2.45, 2.75) is 31.1 Å². The van der Waals surface area contributed by atoms with E-state index in [1.54, 1.807) is 42.2 Å².